The molecule has 2 aromatic carbocycles. The summed E-state index contributed by atoms with van der Waals surface area (Å²) in [7, 11) is -3.80. The van der Waals surface area contributed by atoms with E-state index in [1.807, 2.05) is 31.2 Å². The number of carbonyl (C=O) groups is 2. The van der Waals surface area contributed by atoms with E-state index in [1.165, 1.54) is 11.0 Å². The predicted octanol–water partition coefficient (Wildman–Crippen LogP) is 3.37. The molecular weight excluding hydrogens is 464 g/mol. The number of likely N-dealkylation sites (N-methyl/N-ethyl adjacent to an activating group) is 1. The zero-order chi connectivity index (χ0) is 25.5. The van der Waals surface area contributed by atoms with E-state index in [0.29, 0.717) is 6.54 Å². The molecule has 186 valence electrons. The van der Waals surface area contributed by atoms with Gasteiger partial charge >= 0.3 is 0 Å². The van der Waals surface area contributed by atoms with Crippen molar-refractivity contribution in [3.8, 4) is 0 Å². The van der Waals surface area contributed by atoms with Crippen molar-refractivity contribution in [2.75, 3.05) is 23.7 Å². The van der Waals surface area contributed by atoms with Gasteiger partial charge < -0.3 is 10.2 Å². The van der Waals surface area contributed by atoms with Crippen molar-refractivity contribution in [1.82, 2.24) is 10.2 Å². The lowest BCUT2D eigenvalue weighted by Crippen LogP contribution is -2.47. The number of hydrogen-bond acceptors (Lipinski definition) is 4. The molecule has 1 atom stereocenters. The molecule has 2 rings (SSSR count). The van der Waals surface area contributed by atoms with Gasteiger partial charge in [0.2, 0.25) is 21.8 Å². The number of nitrogens with zero attached hydrogens (tertiary/aromatic N) is 2. The normalized spacial score (nSPS) is 12.2. The zero-order valence-corrected chi connectivity index (χ0v) is 20.7. The maximum absolute atomic E-state index is 13.7. The van der Waals surface area contributed by atoms with E-state index in [0.717, 1.165) is 33.8 Å². The summed E-state index contributed by atoms with van der Waals surface area (Å²) in [5.74, 6) is -2.86. The van der Waals surface area contributed by atoms with E-state index in [2.05, 4.69) is 5.32 Å². The Balaban J connectivity index is 2.17. The van der Waals surface area contributed by atoms with Gasteiger partial charge in [0.25, 0.3) is 0 Å². The number of halogens is 2. The molecule has 0 fully saturated rings. The second kappa shape index (κ2) is 11.9. The lowest BCUT2D eigenvalue weighted by atomic mass is 10.1. The monoisotopic (exact) mass is 495 g/mol. The van der Waals surface area contributed by atoms with Crippen molar-refractivity contribution in [2.24, 2.45) is 0 Å². The molecule has 0 saturated carbocycles. The molecule has 1 N–H and O–H groups in total. The maximum atomic E-state index is 13.7. The van der Waals surface area contributed by atoms with Gasteiger partial charge in [0.1, 0.15) is 6.04 Å². The largest absolute Gasteiger partial charge is 0.355 e. The first-order valence-corrected chi connectivity index (χ1v) is 12.8. The molecule has 0 saturated heterocycles. The summed E-state index contributed by atoms with van der Waals surface area (Å²) in [6.45, 7) is 5.90. The summed E-state index contributed by atoms with van der Waals surface area (Å²) in [5, 5.41) is 2.72. The van der Waals surface area contributed by atoms with Crippen LogP contribution in [0.2, 0.25) is 0 Å². The van der Waals surface area contributed by atoms with Crippen LogP contribution in [0.5, 0.6) is 0 Å². The highest BCUT2D eigenvalue weighted by Crippen LogP contribution is 2.21. The molecule has 10 heteroatoms. The summed E-state index contributed by atoms with van der Waals surface area (Å²) in [4.78, 5) is 27.0. The van der Waals surface area contributed by atoms with Gasteiger partial charge in [-0.2, -0.15) is 0 Å². The van der Waals surface area contributed by atoms with Crippen LogP contribution in [0.15, 0.2) is 42.5 Å². The molecule has 0 radical (unpaired) electrons. The zero-order valence-electron chi connectivity index (χ0n) is 19.8. The van der Waals surface area contributed by atoms with Crippen LogP contribution in [0.1, 0.15) is 37.8 Å². The van der Waals surface area contributed by atoms with Gasteiger partial charge in [0.15, 0.2) is 11.6 Å². The van der Waals surface area contributed by atoms with E-state index in [4.69, 9.17) is 0 Å². The van der Waals surface area contributed by atoms with Crippen molar-refractivity contribution in [3.63, 3.8) is 0 Å². The summed E-state index contributed by atoms with van der Waals surface area (Å²) in [6.07, 6.45) is 1.04. The highest BCUT2D eigenvalue weighted by Gasteiger charge is 2.26. The van der Waals surface area contributed by atoms with Gasteiger partial charge in [-0.15, -0.1) is 0 Å². The fraction of sp³-hybridized carbons (Fsp3) is 0.417. The molecule has 0 heterocycles. The molecule has 0 spiro atoms. The van der Waals surface area contributed by atoms with Crippen molar-refractivity contribution in [1.29, 1.82) is 0 Å². The Morgan fingerprint density at radius 1 is 1.09 bits per heavy atom. The van der Waals surface area contributed by atoms with E-state index in [1.54, 1.807) is 13.8 Å². The predicted molar refractivity (Wildman–Crippen MR) is 128 cm³/mol. The molecule has 0 bridgehead atoms. The van der Waals surface area contributed by atoms with Gasteiger partial charge in [0, 0.05) is 32.1 Å². The SMILES string of the molecule is CCNC(=O)[C@H](C)N(Cc1cccc(C)c1)C(=O)CCCN(c1ccc(F)c(F)c1)S(C)(=O)=O. The Labute approximate surface area is 199 Å². The molecule has 0 aliphatic carbocycles. The number of aryl methyl sites for hydroxylation is 1. The van der Waals surface area contributed by atoms with Crippen molar-refractivity contribution in [2.45, 2.75) is 46.2 Å². The summed E-state index contributed by atoms with van der Waals surface area (Å²) >= 11 is 0. The van der Waals surface area contributed by atoms with Gasteiger partial charge in [0.05, 0.1) is 11.9 Å². The third-order valence-corrected chi connectivity index (χ3v) is 6.49. The van der Waals surface area contributed by atoms with Crippen LogP contribution in [-0.4, -0.2) is 50.5 Å². The van der Waals surface area contributed by atoms with Crippen LogP contribution < -0.4 is 9.62 Å². The fourth-order valence-corrected chi connectivity index (χ4v) is 4.51. The molecule has 0 aliphatic heterocycles. The first kappa shape index (κ1) is 27.2. The van der Waals surface area contributed by atoms with Crippen LogP contribution in [0, 0.1) is 18.6 Å². The highest BCUT2D eigenvalue weighted by atomic mass is 32.2. The third-order valence-electron chi connectivity index (χ3n) is 5.30. The van der Waals surface area contributed by atoms with E-state index in [9.17, 15) is 26.8 Å². The Hall–Kier alpha value is -3.01. The molecular formula is C24H31F2N3O4S. The smallest absolute Gasteiger partial charge is 0.242 e. The maximum Gasteiger partial charge on any atom is 0.242 e. The second-order valence-corrected chi connectivity index (χ2v) is 10.0. The number of sulfonamides is 1. The number of hydrogen-bond donors (Lipinski definition) is 1. The molecule has 7 nitrogen and oxygen atoms in total. The standard InChI is InChI=1S/C24H31F2N3O4S/c1-5-27-24(31)18(3)28(16-19-9-6-8-17(2)14-19)23(30)10-7-13-29(34(4,32)33)20-11-12-21(25)22(26)15-20/h6,8-9,11-12,14-15,18H,5,7,10,13,16H2,1-4H3,(H,27,31)/t18-/m0/s1. The number of nitrogens with one attached hydrogen (secondary N) is 1. The van der Waals surface area contributed by atoms with Crippen LogP contribution in [0.3, 0.4) is 0 Å². The van der Waals surface area contributed by atoms with Gasteiger partial charge in [-0.1, -0.05) is 29.8 Å². The van der Waals surface area contributed by atoms with Crippen LogP contribution in [0.25, 0.3) is 0 Å². The Bertz CT molecular complexity index is 1120. The minimum atomic E-state index is -3.80. The number of anilines is 1. The molecule has 0 aliphatic rings. The highest BCUT2D eigenvalue weighted by molar-refractivity contribution is 7.92. The van der Waals surface area contributed by atoms with Gasteiger partial charge in [-0.3, -0.25) is 13.9 Å². The van der Waals surface area contributed by atoms with E-state index < -0.39 is 27.7 Å². The van der Waals surface area contributed by atoms with Gasteiger partial charge in [-0.05, 0) is 44.9 Å². The number of benzene rings is 2. The number of carbonyl (C=O) groups excluding carboxylic acids is 2. The fourth-order valence-electron chi connectivity index (χ4n) is 3.56. The van der Waals surface area contributed by atoms with Crippen LogP contribution in [-0.2, 0) is 26.2 Å². The number of rotatable bonds is 11. The summed E-state index contributed by atoms with van der Waals surface area (Å²) in [5.41, 5.74) is 1.86. The average Bonchev–Trinajstić information content (AvgIpc) is 2.76. The summed E-state index contributed by atoms with van der Waals surface area (Å²) < 4.78 is 52.3. The van der Waals surface area contributed by atoms with E-state index in [-0.39, 0.29) is 43.4 Å². The lowest BCUT2D eigenvalue weighted by Gasteiger charge is -2.29. The minimum Gasteiger partial charge on any atom is -0.355 e. The van der Waals surface area contributed by atoms with Crippen molar-refractivity contribution >= 4 is 27.5 Å². The average molecular weight is 496 g/mol. The molecule has 2 amide bonds. The molecule has 0 aromatic heterocycles. The molecule has 2 aromatic rings. The minimum absolute atomic E-state index is 0.0267. The second-order valence-electron chi connectivity index (χ2n) is 8.12. The first-order chi connectivity index (χ1) is 15.9. The Morgan fingerprint density at radius 3 is 2.38 bits per heavy atom. The quantitative estimate of drug-likeness (QED) is 0.518. The Kier molecular flexibility index (Phi) is 9.55. The topological polar surface area (TPSA) is 86.8 Å². The van der Waals surface area contributed by atoms with Crippen LogP contribution in [0.4, 0.5) is 14.5 Å². The van der Waals surface area contributed by atoms with E-state index >= 15 is 0 Å². The Morgan fingerprint density at radius 2 is 1.79 bits per heavy atom. The number of amides is 2. The molecule has 0 unspecified atom stereocenters. The molecule has 34 heavy (non-hydrogen) atoms. The first-order valence-electron chi connectivity index (χ1n) is 11.0. The summed E-state index contributed by atoms with van der Waals surface area (Å²) in [6, 6.07) is 9.70. The van der Waals surface area contributed by atoms with Crippen molar-refractivity contribution < 1.29 is 26.8 Å². The lowest BCUT2D eigenvalue weighted by molar-refractivity contribution is -0.140. The van der Waals surface area contributed by atoms with Crippen molar-refractivity contribution in [3.05, 3.63) is 65.2 Å². The van der Waals surface area contributed by atoms with Gasteiger partial charge in [-0.25, -0.2) is 17.2 Å². The third kappa shape index (κ3) is 7.51. The van der Waals surface area contributed by atoms with Crippen LogP contribution >= 0.6 is 0 Å².